The zero-order chi connectivity index (χ0) is 16.9. The number of H-pyrrole nitrogens is 1. The third kappa shape index (κ3) is 3.88. The molecule has 0 saturated heterocycles. The van der Waals surface area contributed by atoms with E-state index in [0.29, 0.717) is 10.8 Å². The van der Waals surface area contributed by atoms with Crippen molar-refractivity contribution in [3.63, 3.8) is 0 Å². The van der Waals surface area contributed by atoms with Gasteiger partial charge in [0.2, 0.25) is 0 Å². The Bertz CT molecular complexity index is 825. The number of halogens is 1. The van der Waals surface area contributed by atoms with Crippen LogP contribution in [0.3, 0.4) is 0 Å². The first-order valence-electron chi connectivity index (χ1n) is 8.54. The first kappa shape index (κ1) is 16.8. The number of anilines is 1. The van der Waals surface area contributed by atoms with E-state index in [2.05, 4.69) is 28.3 Å². The predicted octanol–water partition coefficient (Wildman–Crippen LogP) is 5.58. The summed E-state index contributed by atoms with van der Waals surface area (Å²) < 4.78 is 0. The first-order valence-corrected chi connectivity index (χ1v) is 8.92. The molecule has 3 aromatic rings. The Labute approximate surface area is 147 Å². The van der Waals surface area contributed by atoms with Crippen molar-refractivity contribution >= 4 is 28.5 Å². The van der Waals surface area contributed by atoms with Gasteiger partial charge in [-0.25, -0.2) is 9.97 Å². The number of benzene rings is 1. The molecule has 0 aliphatic rings. The summed E-state index contributed by atoms with van der Waals surface area (Å²) in [6, 6.07) is 9.74. The van der Waals surface area contributed by atoms with Gasteiger partial charge >= 0.3 is 0 Å². The van der Waals surface area contributed by atoms with Crippen molar-refractivity contribution in [2.75, 3.05) is 11.9 Å². The maximum absolute atomic E-state index is 6.11. The van der Waals surface area contributed by atoms with E-state index in [1.165, 1.54) is 19.3 Å². The Balaban J connectivity index is 1.91. The number of hydrogen-bond acceptors (Lipinski definition) is 3. The molecule has 0 spiro atoms. The van der Waals surface area contributed by atoms with Gasteiger partial charge in [0.25, 0.3) is 0 Å². The third-order valence-electron chi connectivity index (χ3n) is 4.03. The minimum absolute atomic E-state index is 0.683. The quantitative estimate of drug-likeness (QED) is 0.551. The number of hydrogen-bond donors (Lipinski definition) is 2. The van der Waals surface area contributed by atoms with Gasteiger partial charge in [0.15, 0.2) is 5.82 Å². The highest BCUT2D eigenvalue weighted by Gasteiger charge is 2.11. The molecule has 0 fully saturated rings. The molecule has 126 valence electrons. The topological polar surface area (TPSA) is 53.6 Å². The summed E-state index contributed by atoms with van der Waals surface area (Å²) in [5, 5.41) is 5.20. The maximum Gasteiger partial charge on any atom is 0.163 e. The van der Waals surface area contributed by atoms with Crippen LogP contribution in [0.4, 0.5) is 5.82 Å². The molecule has 0 unspecified atom stereocenters. The number of unbranched alkanes of at least 4 members (excludes halogenated alkanes) is 3. The first-order chi connectivity index (χ1) is 11.7. The van der Waals surface area contributed by atoms with Crippen LogP contribution in [-0.4, -0.2) is 21.5 Å². The third-order valence-corrected chi connectivity index (χ3v) is 4.26. The van der Waals surface area contributed by atoms with Crippen molar-refractivity contribution in [2.45, 2.75) is 39.5 Å². The number of rotatable bonds is 7. The number of fused-ring (bicyclic) bond motifs is 1. The normalized spacial score (nSPS) is 11.1. The molecule has 0 radical (unpaired) electrons. The Morgan fingerprint density at radius 3 is 2.79 bits per heavy atom. The average molecular weight is 343 g/mol. The SMILES string of the molecule is CCCCCCNc1nc(-c2cccc(Cl)c2)nc2[nH]c(C)cc12. The molecule has 24 heavy (non-hydrogen) atoms. The number of nitrogens with zero attached hydrogens (tertiary/aromatic N) is 2. The van der Waals surface area contributed by atoms with Gasteiger partial charge in [0, 0.05) is 22.8 Å². The van der Waals surface area contributed by atoms with Crippen molar-refractivity contribution in [2.24, 2.45) is 0 Å². The summed E-state index contributed by atoms with van der Waals surface area (Å²) in [5.41, 5.74) is 2.86. The molecule has 0 saturated carbocycles. The highest BCUT2D eigenvalue weighted by molar-refractivity contribution is 6.30. The van der Waals surface area contributed by atoms with E-state index < -0.39 is 0 Å². The Hall–Kier alpha value is -2.07. The molecule has 4 nitrogen and oxygen atoms in total. The van der Waals surface area contributed by atoms with E-state index in [1.807, 2.05) is 31.2 Å². The smallest absolute Gasteiger partial charge is 0.163 e. The molecule has 0 aliphatic heterocycles. The zero-order valence-corrected chi connectivity index (χ0v) is 15.0. The van der Waals surface area contributed by atoms with Gasteiger partial charge in [-0.2, -0.15) is 0 Å². The second-order valence-corrected chi connectivity index (χ2v) is 6.54. The summed E-state index contributed by atoms with van der Waals surface area (Å²) in [4.78, 5) is 12.7. The minimum Gasteiger partial charge on any atom is -0.369 e. The standard InChI is InChI=1S/C19H23ClN4/c1-3-4-5-6-10-21-18-16-11-13(2)22-19(16)24-17(23-18)14-8-7-9-15(20)12-14/h7-9,11-12H,3-6,10H2,1-2H3,(H2,21,22,23,24). The fourth-order valence-corrected chi connectivity index (χ4v) is 2.98. The van der Waals surface area contributed by atoms with Crippen molar-refractivity contribution < 1.29 is 0 Å². The van der Waals surface area contributed by atoms with Gasteiger partial charge in [-0.1, -0.05) is 49.9 Å². The van der Waals surface area contributed by atoms with Gasteiger partial charge in [-0.05, 0) is 31.5 Å². The van der Waals surface area contributed by atoms with Gasteiger partial charge in [-0.3, -0.25) is 0 Å². The summed E-state index contributed by atoms with van der Waals surface area (Å²) in [7, 11) is 0. The van der Waals surface area contributed by atoms with Crippen LogP contribution in [0.25, 0.3) is 22.4 Å². The fourth-order valence-electron chi connectivity index (χ4n) is 2.79. The van der Waals surface area contributed by atoms with Crippen LogP contribution >= 0.6 is 11.6 Å². The van der Waals surface area contributed by atoms with Crippen LogP contribution in [0.15, 0.2) is 30.3 Å². The van der Waals surface area contributed by atoms with Crippen molar-refractivity contribution in [3.8, 4) is 11.4 Å². The second-order valence-electron chi connectivity index (χ2n) is 6.11. The van der Waals surface area contributed by atoms with E-state index in [0.717, 1.165) is 41.1 Å². The Kier molecular flexibility index (Phi) is 5.36. The van der Waals surface area contributed by atoms with Gasteiger partial charge in [0.1, 0.15) is 11.5 Å². The zero-order valence-electron chi connectivity index (χ0n) is 14.2. The molecule has 0 atom stereocenters. The molecule has 3 rings (SSSR count). The van der Waals surface area contributed by atoms with Crippen LogP contribution < -0.4 is 5.32 Å². The van der Waals surface area contributed by atoms with E-state index in [-0.39, 0.29) is 0 Å². The monoisotopic (exact) mass is 342 g/mol. The predicted molar refractivity (Wildman–Crippen MR) is 102 cm³/mol. The largest absolute Gasteiger partial charge is 0.369 e. The van der Waals surface area contributed by atoms with Crippen molar-refractivity contribution in [3.05, 3.63) is 41.0 Å². The molecule has 0 amide bonds. The lowest BCUT2D eigenvalue weighted by Gasteiger charge is -2.09. The van der Waals surface area contributed by atoms with E-state index >= 15 is 0 Å². The summed E-state index contributed by atoms with van der Waals surface area (Å²) >= 11 is 6.11. The molecule has 5 heteroatoms. The van der Waals surface area contributed by atoms with Crippen LogP contribution in [0, 0.1) is 6.92 Å². The molecule has 1 aromatic carbocycles. The second kappa shape index (κ2) is 7.67. The van der Waals surface area contributed by atoms with Gasteiger partial charge < -0.3 is 10.3 Å². The van der Waals surface area contributed by atoms with Crippen LogP contribution in [-0.2, 0) is 0 Å². The number of aromatic amines is 1. The summed E-state index contributed by atoms with van der Waals surface area (Å²) in [6.45, 7) is 5.18. The molecule has 2 heterocycles. The van der Waals surface area contributed by atoms with Crippen molar-refractivity contribution in [1.82, 2.24) is 15.0 Å². The van der Waals surface area contributed by atoms with Gasteiger partial charge in [-0.15, -0.1) is 0 Å². The number of aromatic nitrogens is 3. The maximum atomic E-state index is 6.11. The minimum atomic E-state index is 0.683. The molecular weight excluding hydrogens is 320 g/mol. The summed E-state index contributed by atoms with van der Waals surface area (Å²) in [6.07, 6.45) is 4.91. The highest BCUT2D eigenvalue weighted by atomic mass is 35.5. The number of nitrogens with one attached hydrogen (secondary N) is 2. The molecule has 2 N–H and O–H groups in total. The van der Waals surface area contributed by atoms with Gasteiger partial charge in [0.05, 0.1) is 5.39 Å². The Morgan fingerprint density at radius 1 is 1.12 bits per heavy atom. The number of aryl methyl sites for hydroxylation is 1. The highest BCUT2D eigenvalue weighted by Crippen LogP contribution is 2.26. The lowest BCUT2D eigenvalue weighted by molar-refractivity contribution is 0.684. The Morgan fingerprint density at radius 2 is 2.00 bits per heavy atom. The van der Waals surface area contributed by atoms with Crippen LogP contribution in [0.5, 0.6) is 0 Å². The lowest BCUT2D eigenvalue weighted by Crippen LogP contribution is -2.05. The van der Waals surface area contributed by atoms with Crippen LogP contribution in [0.1, 0.15) is 38.3 Å². The molecule has 0 aliphatic carbocycles. The van der Waals surface area contributed by atoms with E-state index in [4.69, 9.17) is 16.6 Å². The summed E-state index contributed by atoms with van der Waals surface area (Å²) in [5.74, 6) is 1.57. The molecule has 0 bridgehead atoms. The lowest BCUT2D eigenvalue weighted by atomic mass is 10.2. The fraction of sp³-hybridized carbons (Fsp3) is 0.368. The molecular formula is C19H23ClN4. The van der Waals surface area contributed by atoms with Crippen LogP contribution in [0.2, 0.25) is 5.02 Å². The van der Waals surface area contributed by atoms with Crippen molar-refractivity contribution in [1.29, 1.82) is 0 Å². The van der Waals surface area contributed by atoms with E-state index in [9.17, 15) is 0 Å². The van der Waals surface area contributed by atoms with E-state index in [1.54, 1.807) is 0 Å². The average Bonchev–Trinajstić information content (AvgIpc) is 2.95. The molecule has 2 aromatic heterocycles.